The van der Waals surface area contributed by atoms with E-state index in [0.717, 1.165) is 18.4 Å². The minimum absolute atomic E-state index is 0.0378. The van der Waals surface area contributed by atoms with Gasteiger partial charge in [-0.2, -0.15) is 15.6 Å². The summed E-state index contributed by atoms with van der Waals surface area (Å²) in [7, 11) is -2.31. The van der Waals surface area contributed by atoms with Gasteiger partial charge in [0.1, 0.15) is 10.6 Å². The van der Waals surface area contributed by atoms with E-state index in [0.29, 0.717) is 25.2 Å². The average Bonchev–Trinajstić information content (AvgIpc) is 3.39. The Labute approximate surface area is 170 Å². The summed E-state index contributed by atoms with van der Waals surface area (Å²) in [5.41, 5.74) is 1.51. The van der Waals surface area contributed by atoms with Crippen LogP contribution in [0.25, 0.3) is 0 Å². The van der Waals surface area contributed by atoms with Crippen LogP contribution in [0.4, 0.5) is 0 Å². The Hall–Kier alpha value is -1.90. The highest BCUT2D eigenvalue weighted by Gasteiger charge is 2.32. The molecule has 0 N–H and O–H groups in total. The number of hydrogen-bond donors (Lipinski definition) is 0. The quantitative estimate of drug-likeness (QED) is 0.681. The molecular formula is C20H26N2O4S2. The van der Waals surface area contributed by atoms with Gasteiger partial charge in [-0.15, -0.1) is 0 Å². The highest BCUT2D eigenvalue weighted by Crippen LogP contribution is 2.35. The van der Waals surface area contributed by atoms with Gasteiger partial charge in [0.25, 0.3) is 5.91 Å². The summed E-state index contributed by atoms with van der Waals surface area (Å²) < 4.78 is 32.7. The molecule has 8 heteroatoms. The van der Waals surface area contributed by atoms with Crippen LogP contribution in [0.3, 0.4) is 0 Å². The molecule has 1 aliphatic heterocycles. The lowest BCUT2D eigenvalue weighted by atomic mass is 10.1. The summed E-state index contributed by atoms with van der Waals surface area (Å²) in [6, 6.07) is 6.76. The van der Waals surface area contributed by atoms with Gasteiger partial charge in [0.2, 0.25) is 10.0 Å². The molecule has 2 aromatic rings. The van der Waals surface area contributed by atoms with Crippen LogP contribution in [0.2, 0.25) is 0 Å². The molecule has 2 heterocycles. The molecule has 0 saturated carbocycles. The molecule has 1 unspecified atom stereocenters. The topological polar surface area (TPSA) is 66.9 Å². The molecular weight excluding hydrogens is 396 g/mol. The maximum Gasteiger partial charge on any atom is 0.254 e. The van der Waals surface area contributed by atoms with E-state index in [-0.39, 0.29) is 22.6 Å². The number of carbonyl (C=O) groups is 1. The van der Waals surface area contributed by atoms with Gasteiger partial charge in [-0.3, -0.25) is 4.79 Å². The van der Waals surface area contributed by atoms with Crippen LogP contribution in [-0.4, -0.2) is 50.3 Å². The van der Waals surface area contributed by atoms with Gasteiger partial charge >= 0.3 is 0 Å². The van der Waals surface area contributed by atoms with Crippen molar-refractivity contribution in [2.24, 2.45) is 0 Å². The minimum atomic E-state index is -3.74. The average molecular weight is 423 g/mol. The van der Waals surface area contributed by atoms with Crippen molar-refractivity contribution in [1.29, 1.82) is 0 Å². The van der Waals surface area contributed by atoms with Crippen molar-refractivity contribution in [3.63, 3.8) is 0 Å². The molecule has 152 valence electrons. The number of carbonyl (C=O) groups excluding carboxylic acids is 1. The first kappa shape index (κ1) is 20.8. The Morgan fingerprint density at radius 2 is 2.04 bits per heavy atom. The zero-order valence-electron chi connectivity index (χ0n) is 16.4. The molecule has 28 heavy (non-hydrogen) atoms. The van der Waals surface area contributed by atoms with E-state index in [1.807, 2.05) is 16.3 Å². The molecule has 3 rings (SSSR count). The number of ether oxygens (including phenoxy) is 1. The summed E-state index contributed by atoms with van der Waals surface area (Å²) in [6.45, 7) is 4.96. The summed E-state index contributed by atoms with van der Waals surface area (Å²) >= 11 is 1.62. The van der Waals surface area contributed by atoms with Crippen molar-refractivity contribution in [3.05, 3.63) is 46.2 Å². The van der Waals surface area contributed by atoms with E-state index in [9.17, 15) is 13.2 Å². The summed E-state index contributed by atoms with van der Waals surface area (Å²) in [5, 5.41) is 4.08. The van der Waals surface area contributed by atoms with Gasteiger partial charge < -0.3 is 9.64 Å². The highest BCUT2D eigenvalue weighted by atomic mass is 32.2. The predicted molar refractivity (Wildman–Crippen MR) is 110 cm³/mol. The molecule has 1 aliphatic rings. The number of methoxy groups -OCH3 is 1. The predicted octanol–water partition coefficient (Wildman–Crippen LogP) is 3.76. The fourth-order valence-electron chi connectivity index (χ4n) is 3.70. The normalized spacial score (nSPS) is 17.3. The fourth-order valence-corrected chi connectivity index (χ4v) is 6.05. The fraction of sp³-hybridized carbons (Fsp3) is 0.450. The van der Waals surface area contributed by atoms with Crippen molar-refractivity contribution >= 4 is 27.3 Å². The lowest BCUT2D eigenvalue weighted by Gasteiger charge is -2.25. The van der Waals surface area contributed by atoms with Gasteiger partial charge in [0.05, 0.1) is 13.2 Å². The molecule has 1 atom stereocenters. The molecule has 6 nitrogen and oxygen atoms in total. The number of hydrogen-bond acceptors (Lipinski definition) is 5. The van der Waals surface area contributed by atoms with Crippen LogP contribution in [0.5, 0.6) is 5.75 Å². The molecule has 1 saturated heterocycles. The Morgan fingerprint density at radius 3 is 2.64 bits per heavy atom. The lowest BCUT2D eigenvalue weighted by Crippen LogP contribution is -2.32. The van der Waals surface area contributed by atoms with Crippen LogP contribution < -0.4 is 4.74 Å². The van der Waals surface area contributed by atoms with Gasteiger partial charge in [0, 0.05) is 25.2 Å². The van der Waals surface area contributed by atoms with E-state index in [4.69, 9.17) is 4.74 Å². The Balaban J connectivity index is 1.98. The first-order valence-corrected chi connectivity index (χ1v) is 11.8. The van der Waals surface area contributed by atoms with Crippen molar-refractivity contribution < 1.29 is 17.9 Å². The van der Waals surface area contributed by atoms with Crippen LogP contribution in [0.1, 0.15) is 48.7 Å². The van der Waals surface area contributed by atoms with E-state index < -0.39 is 10.0 Å². The molecule has 1 aromatic carbocycles. The lowest BCUT2D eigenvalue weighted by molar-refractivity contribution is 0.0735. The molecule has 1 aromatic heterocycles. The molecule has 0 radical (unpaired) electrons. The first-order chi connectivity index (χ1) is 13.4. The third-order valence-electron chi connectivity index (χ3n) is 5.18. The molecule has 1 amide bonds. The highest BCUT2D eigenvalue weighted by molar-refractivity contribution is 7.89. The number of likely N-dealkylation sites (tertiary alicyclic amines) is 1. The summed E-state index contributed by atoms with van der Waals surface area (Å²) in [4.78, 5) is 15.1. The van der Waals surface area contributed by atoms with Gasteiger partial charge in [-0.05, 0) is 53.4 Å². The smallest absolute Gasteiger partial charge is 0.254 e. The number of sulfonamides is 1. The van der Waals surface area contributed by atoms with Gasteiger partial charge in [-0.25, -0.2) is 8.42 Å². The summed E-state index contributed by atoms with van der Waals surface area (Å²) in [5.74, 6) is 0.103. The van der Waals surface area contributed by atoms with E-state index in [2.05, 4.69) is 5.38 Å². The zero-order valence-corrected chi connectivity index (χ0v) is 18.1. The van der Waals surface area contributed by atoms with Crippen LogP contribution in [0, 0.1) is 0 Å². The third kappa shape index (κ3) is 3.81. The monoisotopic (exact) mass is 422 g/mol. The van der Waals surface area contributed by atoms with E-state index >= 15 is 0 Å². The van der Waals surface area contributed by atoms with Crippen LogP contribution in [0.15, 0.2) is 39.9 Å². The minimum Gasteiger partial charge on any atom is -0.495 e. The number of amides is 1. The maximum absolute atomic E-state index is 13.2. The molecule has 1 fully saturated rings. The van der Waals surface area contributed by atoms with Crippen molar-refractivity contribution in [2.75, 3.05) is 26.7 Å². The Morgan fingerprint density at radius 1 is 1.29 bits per heavy atom. The second kappa shape index (κ2) is 8.63. The molecule has 0 aliphatic carbocycles. The Kier molecular flexibility index (Phi) is 6.42. The van der Waals surface area contributed by atoms with Crippen molar-refractivity contribution in [2.45, 2.75) is 37.6 Å². The third-order valence-corrected chi connectivity index (χ3v) is 7.95. The SMILES string of the molecule is CCN(CC)S(=O)(=O)c1cc(C(=O)N2CCCC2c2ccsc2)ccc1OC. The zero-order chi connectivity index (χ0) is 20.3. The largest absolute Gasteiger partial charge is 0.495 e. The second-order valence-electron chi connectivity index (χ2n) is 6.67. The molecule has 0 spiro atoms. The summed E-state index contributed by atoms with van der Waals surface area (Å²) in [6.07, 6.45) is 1.86. The standard InChI is InChI=1S/C20H26N2O4S2/c1-4-21(5-2)28(24,25)19-13-15(8-9-18(19)26-3)20(23)22-11-6-7-17(22)16-10-12-27-14-16/h8-10,12-14,17H,4-7,11H2,1-3H3. The first-order valence-electron chi connectivity index (χ1n) is 9.45. The van der Waals surface area contributed by atoms with Crippen LogP contribution in [-0.2, 0) is 10.0 Å². The number of rotatable bonds is 7. The molecule has 0 bridgehead atoms. The van der Waals surface area contributed by atoms with Gasteiger partial charge in [-0.1, -0.05) is 13.8 Å². The number of nitrogens with zero attached hydrogens (tertiary/aromatic N) is 2. The Bertz CT molecular complexity index is 922. The van der Waals surface area contributed by atoms with Crippen molar-refractivity contribution in [1.82, 2.24) is 9.21 Å². The second-order valence-corrected chi connectivity index (χ2v) is 9.35. The van der Waals surface area contributed by atoms with Crippen LogP contribution >= 0.6 is 11.3 Å². The van der Waals surface area contributed by atoms with Gasteiger partial charge in [0.15, 0.2) is 0 Å². The maximum atomic E-state index is 13.2. The number of thiophene rings is 1. The number of benzene rings is 1. The van der Waals surface area contributed by atoms with E-state index in [1.165, 1.54) is 17.5 Å². The van der Waals surface area contributed by atoms with E-state index in [1.54, 1.807) is 37.3 Å². The van der Waals surface area contributed by atoms with Crippen molar-refractivity contribution in [3.8, 4) is 5.75 Å².